The van der Waals surface area contributed by atoms with Crippen LogP contribution in [0.2, 0.25) is 0 Å². The topological polar surface area (TPSA) is 9.23 Å². The highest BCUT2D eigenvalue weighted by molar-refractivity contribution is 7.58. The largest absolute Gasteiger partial charge is 0.380 e. The van der Waals surface area contributed by atoms with Crippen molar-refractivity contribution in [1.82, 2.24) is 0 Å². The van der Waals surface area contributed by atoms with Gasteiger partial charge in [0.05, 0.1) is 13.2 Å². The maximum Gasteiger partial charge on any atom is 0.0531 e. The zero-order valence-electron chi connectivity index (χ0n) is 6.42. The van der Waals surface area contributed by atoms with Gasteiger partial charge in [0.2, 0.25) is 0 Å². The molecule has 1 saturated heterocycles. The molecule has 1 fully saturated rings. The van der Waals surface area contributed by atoms with Crippen molar-refractivity contribution in [2.24, 2.45) is 0 Å². The highest BCUT2D eigenvalue weighted by Gasteiger charge is 2.22. The molecule has 1 nitrogen and oxygen atoms in total. The highest BCUT2D eigenvalue weighted by atomic mass is 31.1. The zero-order valence-corrected chi connectivity index (χ0v) is 7.32. The van der Waals surface area contributed by atoms with Crippen LogP contribution in [0.5, 0.6) is 0 Å². The van der Waals surface area contributed by atoms with Crippen LogP contribution in [0.25, 0.3) is 0 Å². The Balaban J connectivity index is 2.41. The summed E-state index contributed by atoms with van der Waals surface area (Å²) in [6, 6.07) is 0. The van der Waals surface area contributed by atoms with Crippen LogP contribution >= 0.6 is 7.92 Å². The normalized spacial score (nSPS) is 45.0. The van der Waals surface area contributed by atoms with Gasteiger partial charge in [-0.2, -0.15) is 0 Å². The minimum Gasteiger partial charge on any atom is -0.380 e. The van der Waals surface area contributed by atoms with Crippen LogP contribution in [-0.4, -0.2) is 31.2 Å². The van der Waals surface area contributed by atoms with Crippen molar-refractivity contribution in [3.05, 3.63) is 0 Å². The lowest BCUT2D eigenvalue weighted by Gasteiger charge is -2.32. The Morgan fingerprint density at radius 1 is 1.22 bits per heavy atom. The molecule has 54 valence electrons. The molecular weight excluding hydrogens is 131 g/mol. The van der Waals surface area contributed by atoms with E-state index < -0.39 is 0 Å². The third kappa shape index (κ3) is 1.65. The summed E-state index contributed by atoms with van der Waals surface area (Å²) in [4.78, 5) is 0. The van der Waals surface area contributed by atoms with Crippen molar-refractivity contribution in [2.45, 2.75) is 25.2 Å². The van der Waals surface area contributed by atoms with Crippen LogP contribution in [0.1, 0.15) is 13.8 Å². The Labute approximate surface area is 58.5 Å². The number of hydrogen-bond donors (Lipinski definition) is 0. The quantitative estimate of drug-likeness (QED) is 0.474. The first-order chi connectivity index (χ1) is 4.22. The van der Waals surface area contributed by atoms with Gasteiger partial charge in [0.15, 0.2) is 0 Å². The number of ether oxygens (including phenoxy) is 1. The lowest BCUT2D eigenvalue weighted by molar-refractivity contribution is 0.129. The molecule has 0 saturated carbocycles. The van der Waals surface area contributed by atoms with Crippen LogP contribution < -0.4 is 0 Å². The van der Waals surface area contributed by atoms with E-state index in [1.54, 1.807) is 0 Å². The predicted molar refractivity (Wildman–Crippen MR) is 42.6 cm³/mol. The predicted octanol–water partition coefficient (Wildman–Crippen LogP) is 1.91. The summed E-state index contributed by atoms with van der Waals surface area (Å²) in [6.07, 6.45) is 0. The van der Waals surface area contributed by atoms with Gasteiger partial charge >= 0.3 is 0 Å². The second kappa shape index (κ2) is 2.98. The van der Waals surface area contributed by atoms with Gasteiger partial charge in [-0.05, 0) is 18.0 Å². The van der Waals surface area contributed by atoms with Gasteiger partial charge in [0.25, 0.3) is 0 Å². The second-order valence-corrected chi connectivity index (χ2v) is 5.99. The molecule has 0 radical (unpaired) electrons. The summed E-state index contributed by atoms with van der Waals surface area (Å²) in [7, 11) is 0.261. The third-order valence-electron chi connectivity index (χ3n) is 2.11. The van der Waals surface area contributed by atoms with Gasteiger partial charge in [0.1, 0.15) is 0 Å². The fraction of sp³-hybridized carbons (Fsp3) is 1.00. The molecule has 2 unspecified atom stereocenters. The first-order valence-corrected chi connectivity index (χ1v) is 5.44. The highest BCUT2D eigenvalue weighted by Crippen LogP contribution is 2.44. The summed E-state index contributed by atoms with van der Waals surface area (Å²) in [5, 5.41) is 0. The number of hydrogen-bond acceptors (Lipinski definition) is 1. The van der Waals surface area contributed by atoms with E-state index in [0.717, 1.165) is 24.5 Å². The van der Waals surface area contributed by atoms with E-state index in [2.05, 4.69) is 20.5 Å². The van der Waals surface area contributed by atoms with Crippen molar-refractivity contribution < 1.29 is 4.74 Å². The van der Waals surface area contributed by atoms with E-state index in [4.69, 9.17) is 4.74 Å². The van der Waals surface area contributed by atoms with Gasteiger partial charge in [-0.25, -0.2) is 0 Å². The van der Waals surface area contributed by atoms with Crippen LogP contribution in [0, 0.1) is 0 Å². The van der Waals surface area contributed by atoms with Crippen molar-refractivity contribution in [3.63, 3.8) is 0 Å². The van der Waals surface area contributed by atoms with Gasteiger partial charge in [-0.15, -0.1) is 0 Å². The molecule has 1 rings (SSSR count). The van der Waals surface area contributed by atoms with Crippen molar-refractivity contribution in [3.8, 4) is 0 Å². The molecule has 0 aliphatic carbocycles. The van der Waals surface area contributed by atoms with E-state index in [9.17, 15) is 0 Å². The summed E-state index contributed by atoms with van der Waals surface area (Å²) < 4.78 is 5.38. The standard InChI is InChI=1S/C7H15OP/c1-6-4-8-5-7(2)9(6)3/h6-7H,4-5H2,1-3H3. The SMILES string of the molecule is CC1COCC(C)P1C. The van der Waals surface area contributed by atoms with E-state index in [1.807, 2.05) is 0 Å². The lowest BCUT2D eigenvalue weighted by atomic mass is 10.4. The van der Waals surface area contributed by atoms with Crippen molar-refractivity contribution >= 4 is 7.92 Å². The Kier molecular flexibility index (Phi) is 2.49. The van der Waals surface area contributed by atoms with E-state index in [1.165, 1.54) is 0 Å². The summed E-state index contributed by atoms with van der Waals surface area (Å²) >= 11 is 0. The molecule has 0 aromatic carbocycles. The lowest BCUT2D eigenvalue weighted by Crippen LogP contribution is -2.26. The summed E-state index contributed by atoms with van der Waals surface area (Å²) in [6.45, 7) is 8.95. The summed E-state index contributed by atoms with van der Waals surface area (Å²) in [5.74, 6) is 0. The minimum absolute atomic E-state index is 0.261. The Morgan fingerprint density at radius 2 is 1.67 bits per heavy atom. The second-order valence-electron chi connectivity index (χ2n) is 2.90. The van der Waals surface area contributed by atoms with Crippen LogP contribution in [0.3, 0.4) is 0 Å². The molecule has 0 aromatic heterocycles. The first kappa shape index (κ1) is 7.50. The molecular formula is C7H15OP. The molecule has 0 amide bonds. The number of rotatable bonds is 0. The molecule has 2 heteroatoms. The molecule has 0 N–H and O–H groups in total. The monoisotopic (exact) mass is 146 g/mol. The fourth-order valence-electron chi connectivity index (χ4n) is 1.08. The Morgan fingerprint density at radius 3 is 2.00 bits per heavy atom. The average Bonchev–Trinajstić information content (AvgIpc) is 1.83. The van der Waals surface area contributed by atoms with Gasteiger partial charge in [0, 0.05) is 0 Å². The summed E-state index contributed by atoms with van der Waals surface area (Å²) in [5.41, 5.74) is 1.65. The maximum absolute atomic E-state index is 5.38. The molecule has 1 aliphatic rings. The van der Waals surface area contributed by atoms with Gasteiger partial charge < -0.3 is 4.74 Å². The fourth-order valence-corrected chi connectivity index (χ4v) is 2.63. The van der Waals surface area contributed by atoms with Crippen LogP contribution in [0.4, 0.5) is 0 Å². The Bertz CT molecular complexity index is 84.9. The van der Waals surface area contributed by atoms with Crippen molar-refractivity contribution in [2.75, 3.05) is 19.9 Å². The van der Waals surface area contributed by atoms with Crippen molar-refractivity contribution in [1.29, 1.82) is 0 Å². The molecule has 1 heterocycles. The molecule has 0 aromatic rings. The van der Waals surface area contributed by atoms with Gasteiger partial charge in [-0.3, -0.25) is 0 Å². The Hall–Kier alpha value is 0.390. The average molecular weight is 146 g/mol. The molecule has 1 aliphatic heterocycles. The molecule has 0 spiro atoms. The third-order valence-corrected chi connectivity index (χ3v) is 5.19. The smallest absolute Gasteiger partial charge is 0.0531 e. The first-order valence-electron chi connectivity index (χ1n) is 3.51. The maximum atomic E-state index is 5.38. The van der Waals surface area contributed by atoms with E-state index >= 15 is 0 Å². The van der Waals surface area contributed by atoms with Gasteiger partial charge in [-0.1, -0.05) is 21.8 Å². The van der Waals surface area contributed by atoms with E-state index in [-0.39, 0.29) is 7.92 Å². The minimum atomic E-state index is 0.261. The molecule has 0 bridgehead atoms. The molecule has 9 heavy (non-hydrogen) atoms. The van der Waals surface area contributed by atoms with Crippen LogP contribution in [0.15, 0.2) is 0 Å². The van der Waals surface area contributed by atoms with Crippen LogP contribution in [-0.2, 0) is 4.74 Å². The molecule has 2 atom stereocenters. The van der Waals surface area contributed by atoms with E-state index in [0.29, 0.717) is 0 Å². The zero-order chi connectivity index (χ0) is 6.85.